The van der Waals surface area contributed by atoms with E-state index in [-0.39, 0.29) is 17.9 Å². The van der Waals surface area contributed by atoms with Crippen molar-refractivity contribution < 1.29 is 5.48 Å². The molecule has 3 heterocycles. The van der Waals surface area contributed by atoms with Gasteiger partial charge in [0.05, 0.1) is 11.4 Å². The lowest BCUT2D eigenvalue weighted by atomic mass is 9.85. The van der Waals surface area contributed by atoms with Crippen LogP contribution in [0.1, 0.15) is 54.5 Å². The van der Waals surface area contributed by atoms with Gasteiger partial charge in [0.2, 0.25) is 0 Å². The molecule has 0 radical (unpaired) electrons. The number of fused-ring (bicyclic) bond motifs is 1. The molecule has 2 atom stereocenters. The van der Waals surface area contributed by atoms with Crippen molar-refractivity contribution in [2.75, 3.05) is 18.8 Å². The second-order valence-corrected chi connectivity index (χ2v) is 7.40. The molecular formula is C21H31ClN6O. The molecule has 1 saturated heterocycles. The highest BCUT2D eigenvalue weighted by Crippen LogP contribution is 2.39. The van der Waals surface area contributed by atoms with Crippen molar-refractivity contribution in [3.63, 3.8) is 0 Å². The fraction of sp³-hybridized carbons (Fsp3) is 0.429. The Kier molecular flexibility index (Phi) is 8.40. The summed E-state index contributed by atoms with van der Waals surface area (Å²) in [5, 5.41) is 3.64. The number of H-pyrrole nitrogens is 1. The number of piperidine rings is 1. The van der Waals surface area contributed by atoms with Gasteiger partial charge in [-0.05, 0) is 56.3 Å². The monoisotopic (exact) mass is 418 g/mol. The standard InChI is InChI=1S/C21H28N6.ClH.H2O/c22-10-5-4-8-16-13-25-20-18(26-21(23)27-19(16)20)15-9-11-24-17(12-15)14-6-2-1-3-7-14;;/h1-3,6-7,13,15,17,24H,4-5,8-12,22H2,(H3,23,26,27);1H;1H2. The minimum absolute atomic E-state index is 0. The molecule has 7 nitrogen and oxygen atoms in total. The molecule has 8 N–H and O–H groups in total. The molecule has 2 unspecified atom stereocenters. The number of hydrogen-bond acceptors (Lipinski definition) is 5. The van der Waals surface area contributed by atoms with Gasteiger partial charge in [0.1, 0.15) is 5.69 Å². The highest BCUT2D eigenvalue weighted by Gasteiger charge is 2.29. The Labute approximate surface area is 177 Å². The summed E-state index contributed by atoms with van der Waals surface area (Å²) in [5.74, 6) is 0.822. The number of nitrogens with zero attached hydrogens (tertiary/aromatic N) is 2. The van der Waals surface area contributed by atoms with E-state index in [1.54, 1.807) is 0 Å². The zero-order chi connectivity index (χ0) is 18.6. The fourth-order valence-corrected chi connectivity index (χ4v) is 4.14. The summed E-state index contributed by atoms with van der Waals surface area (Å²) in [4.78, 5) is 12.6. The van der Waals surface area contributed by atoms with Crippen molar-refractivity contribution in [1.82, 2.24) is 20.3 Å². The molecule has 1 aromatic rings. The highest BCUT2D eigenvalue weighted by molar-refractivity contribution is 5.85. The predicted molar refractivity (Wildman–Crippen MR) is 119 cm³/mol. The van der Waals surface area contributed by atoms with Crippen LogP contribution in [0.2, 0.25) is 0 Å². The smallest absolute Gasteiger partial charge is 0.198 e. The normalized spacial score (nSPS) is 18.8. The second kappa shape index (κ2) is 10.5. The molecule has 0 spiro atoms. The molecule has 3 aliphatic rings. The fourth-order valence-electron chi connectivity index (χ4n) is 4.14. The Balaban J connectivity index is 0.00000150. The van der Waals surface area contributed by atoms with E-state index in [2.05, 4.69) is 45.6 Å². The van der Waals surface area contributed by atoms with Crippen LogP contribution in [-0.4, -0.2) is 33.5 Å². The molecule has 4 rings (SSSR count). The Hall–Kier alpha value is -2.19. The Morgan fingerprint density at radius 1 is 1.14 bits per heavy atom. The van der Waals surface area contributed by atoms with Gasteiger partial charge in [-0.25, -0.2) is 4.98 Å². The van der Waals surface area contributed by atoms with E-state index in [1.165, 1.54) is 11.1 Å². The van der Waals surface area contributed by atoms with Crippen molar-refractivity contribution in [3.8, 4) is 11.4 Å². The molecule has 3 aliphatic heterocycles. The largest absolute Gasteiger partial charge is 0.412 e. The van der Waals surface area contributed by atoms with E-state index >= 15 is 0 Å². The van der Waals surface area contributed by atoms with Crippen LogP contribution < -0.4 is 16.8 Å². The van der Waals surface area contributed by atoms with Crippen LogP contribution in [0.25, 0.3) is 11.4 Å². The molecule has 1 fully saturated rings. The van der Waals surface area contributed by atoms with Crippen molar-refractivity contribution in [3.05, 3.63) is 53.3 Å². The van der Waals surface area contributed by atoms with Gasteiger partial charge in [0.25, 0.3) is 0 Å². The van der Waals surface area contributed by atoms with Crippen LogP contribution in [0, 0.1) is 0 Å². The number of aromatic nitrogens is 3. The second-order valence-electron chi connectivity index (χ2n) is 7.40. The SMILES string of the molecule is Cl.NCCCCc1cnc2c(C3CCNC(c4ccccc4)C3)nc(N)[nH]c1-2.O. The molecule has 0 bridgehead atoms. The van der Waals surface area contributed by atoms with Crippen LogP contribution in [0.15, 0.2) is 36.5 Å². The number of hydrogen-bond donors (Lipinski definition) is 4. The third kappa shape index (κ3) is 5.05. The van der Waals surface area contributed by atoms with Gasteiger partial charge in [-0.2, -0.15) is 0 Å². The van der Waals surface area contributed by atoms with E-state index in [9.17, 15) is 0 Å². The lowest BCUT2D eigenvalue weighted by molar-refractivity contribution is 0.365. The number of anilines is 1. The third-order valence-electron chi connectivity index (χ3n) is 5.54. The summed E-state index contributed by atoms with van der Waals surface area (Å²) in [7, 11) is 0. The van der Waals surface area contributed by atoms with E-state index < -0.39 is 0 Å². The third-order valence-corrected chi connectivity index (χ3v) is 5.54. The summed E-state index contributed by atoms with van der Waals surface area (Å²) < 4.78 is 0. The summed E-state index contributed by atoms with van der Waals surface area (Å²) >= 11 is 0. The lowest BCUT2D eigenvalue weighted by Crippen LogP contribution is -2.31. The molecule has 29 heavy (non-hydrogen) atoms. The topological polar surface area (TPSA) is 137 Å². The Bertz CT molecular complexity index is 856. The van der Waals surface area contributed by atoms with Gasteiger partial charge >= 0.3 is 0 Å². The van der Waals surface area contributed by atoms with Gasteiger partial charge in [0, 0.05) is 18.2 Å². The zero-order valence-corrected chi connectivity index (χ0v) is 17.3. The van der Waals surface area contributed by atoms with Crippen LogP contribution in [0.4, 0.5) is 5.95 Å². The molecular weight excluding hydrogens is 388 g/mol. The summed E-state index contributed by atoms with van der Waals surface area (Å²) in [6, 6.07) is 11.0. The summed E-state index contributed by atoms with van der Waals surface area (Å²) in [5.41, 5.74) is 17.4. The van der Waals surface area contributed by atoms with Gasteiger partial charge in [-0.3, -0.25) is 4.98 Å². The quantitative estimate of drug-likeness (QED) is 0.456. The average molecular weight is 419 g/mol. The first-order valence-electron chi connectivity index (χ1n) is 9.87. The minimum Gasteiger partial charge on any atom is -0.412 e. The van der Waals surface area contributed by atoms with Gasteiger partial charge in [-0.15, -0.1) is 12.4 Å². The average Bonchev–Trinajstić information content (AvgIpc) is 3.11. The first-order chi connectivity index (χ1) is 13.3. The summed E-state index contributed by atoms with van der Waals surface area (Å²) in [6.07, 6.45) is 7.07. The van der Waals surface area contributed by atoms with Crippen molar-refractivity contribution >= 4 is 18.4 Å². The first kappa shape index (κ1) is 23.1. The lowest BCUT2D eigenvalue weighted by Gasteiger charge is -2.31. The molecule has 0 aromatic heterocycles. The van der Waals surface area contributed by atoms with Crippen molar-refractivity contribution in [1.29, 1.82) is 0 Å². The number of aromatic amines is 1. The van der Waals surface area contributed by atoms with Gasteiger partial charge in [0.15, 0.2) is 5.95 Å². The van der Waals surface area contributed by atoms with Gasteiger partial charge in [-0.1, -0.05) is 30.3 Å². The number of rotatable bonds is 6. The van der Waals surface area contributed by atoms with E-state index in [0.717, 1.165) is 62.3 Å². The maximum absolute atomic E-state index is 6.13. The molecule has 1 aromatic carbocycles. The van der Waals surface area contributed by atoms with Crippen molar-refractivity contribution in [2.45, 2.75) is 44.1 Å². The highest BCUT2D eigenvalue weighted by atomic mass is 35.5. The summed E-state index contributed by atoms with van der Waals surface area (Å²) in [6.45, 7) is 1.69. The first-order valence-corrected chi connectivity index (χ1v) is 9.87. The maximum Gasteiger partial charge on any atom is 0.198 e. The van der Waals surface area contributed by atoms with E-state index in [0.29, 0.717) is 17.9 Å². The number of nitrogens with one attached hydrogen (secondary N) is 2. The molecule has 0 amide bonds. The molecule has 158 valence electrons. The molecule has 0 saturated carbocycles. The number of unbranched alkanes of at least 4 members (excludes halogenated alkanes) is 1. The van der Waals surface area contributed by atoms with Crippen LogP contribution in [0.3, 0.4) is 0 Å². The van der Waals surface area contributed by atoms with Crippen LogP contribution >= 0.6 is 12.4 Å². The van der Waals surface area contributed by atoms with Crippen LogP contribution in [0.5, 0.6) is 0 Å². The number of halogens is 1. The number of benzene rings is 1. The number of aryl methyl sites for hydroxylation is 1. The van der Waals surface area contributed by atoms with Crippen LogP contribution in [-0.2, 0) is 6.42 Å². The minimum atomic E-state index is 0. The predicted octanol–water partition coefficient (Wildman–Crippen LogP) is 2.58. The number of nitrogens with two attached hydrogens (primary N) is 2. The Morgan fingerprint density at radius 2 is 1.93 bits per heavy atom. The molecule has 8 heteroatoms. The van der Waals surface area contributed by atoms with Gasteiger partial charge < -0.3 is 27.2 Å². The van der Waals surface area contributed by atoms with E-state index in [4.69, 9.17) is 16.5 Å². The van der Waals surface area contributed by atoms with E-state index in [1.807, 2.05) is 6.20 Å². The maximum atomic E-state index is 6.13. The number of nitrogen functional groups attached to an aromatic ring is 1. The molecule has 0 aliphatic carbocycles. The van der Waals surface area contributed by atoms with Crippen molar-refractivity contribution in [2.24, 2.45) is 5.73 Å². The zero-order valence-electron chi connectivity index (χ0n) is 16.5. The Morgan fingerprint density at radius 3 is 2.69 bits per heavy atom.